The van der Waals surface area contributed by atoms with E-state index < -0.39 is 0 Å². The van der Waals surface area contributed by atoms with Crippen molar-refractivity contribution in [2.45, 2.75) is 25.4 Å². The van der Waals surface area contributed by atoms with E-state index in [-0.39, 0.29) is 12.6 Å². The van der Waals surface area contributed by atoms with Gasteiger partial charge in [-0.2, -0.15) is 4.52 Å². The lowest BCUT2D eigenvalue weighted by molar-refractivity contribution is 0.201. The second-order valence-corrected chi connectivity index (χ2v) is 5.53. The van der Waals surface area contributed by atoms with Gasteiger partial charge < -0.3 is 10.0 Å². The lowest BCUT2D eigenvalue weighted by atomic mass is 9.95. The summed E-state index contributed by atoms with van der Waals surface area (Å²) in [6.45, 7) is 2.27. The molecule has 7 heteroatoms. The zero-order valence-electron chi connectivity index (χ0n) is 12.2. The molecule has 0 aliphatic carbocycles. The number of hydrogen-bond donors (Lipinski definition) is 1. The zero-order valence-corrected chi connectivity index (χ0v) is 12.2. The lowest BCUT2D eigenvalue weighted by Crippen LogP contribution is -2.56. The topological polar surface area (TPSA) is 79.4 Å². The molecule has 2 atom stereocenters. The molecule has 22 heavy (non-hydrogen) atoms. The predicted octanol–water partition coefficient (Wildman–Crippen LogP) is 1.15. The zero-order chi connectivity index (χ0) is 15.1. The molecular weight excluding hydrogens is 280 g/mol. The van der Waals surface area contributed by atoms with Crippen LogP contribution in [0, 0.1) is 0 Å². The van der Waals surface area contributed by atoms with Gasteiger partial charge in [-0.15, -0.1) is 15.3 Å². The number of rotatable bonds is 3. The van der Waals surface area contributed by atoms with Crippen LogP contribution in [0.1, 0.15) is 13.3 Å². The van der Waals surface area contributed by atoms with Gasteiger partial charge in [0.2, 0.25) is 5.82 Å². The van der Waals surface area contributed by atoms with Crippen LogP contribution in [-0.2, 0) is 0 Å². The van der Waals surface area contributed by atoms with Crippen molar-refractivity contribution in [1.82, 2.24) is 24.8 Å². The molecule has 2 unspecified atom stereocenters. The Bertz CT molecular complexity index is 802. The summed E-state index contributed by atoms with van der Waals surface area (Å²) < 4.78 is 1.71. The van der Waals surface area contributed by atoms with Gasteiger partial charge in [-0.1, -0.05) is 6.07 Å². The number of hydrogen-bond acceptors (Lipinski definition) is 6. The number of pyridine rings is 1. The highest BCUT2D eigenvalue weighted by atomic mass is 16.3. The van der Waals surface area contributed by atoms with Gasteiger partial charge in [-0.3, -0.25) is 4.98 Å². The van der Waals surface area contributed by atoms with Crippen LogP contribution in [0.4, 0.5) is 5.82 Å². The molecule has 1 aliphatic rings. The number of fused-ring (bicyclic) bond motifs is 1. The Balaban J connectivity index is 1.80. The minimum atomic E-state index is 0.134. The van der Waals surface area contributed by atoms with Crippen molar-refractivity contribution in [3.63, 3.8) is 0 Å². The van der Waals surface area contributed by atoms with Crippen LogP contribution in [0.3, 0.4) is 0 Å². The molecule has 3 aromatic rings. The standard InChI is InChI=1S/C15H16N6O/c1-10-8-11(9-22)20(10)14-6-5-13-17-18-15(21(13)19-14)12-4-2-3-7-16-12/h2-7,10-11,22H,8-9H2,1H3. The smallest absolute Gasteiger partial charge is 0.203 e. The molecule has 1 fully saturated rings. The van der Waals surface area contributed by atoms with Crippen LogP contribution in [-0.4, -0.2) is 48.6 Å². The van der Waals surface area contributed by atoms with E-state index in [0.29, 0.717) is 17.5 Å². The molecular formula is C15H16N6O. The number of aliphatic hydroxyl groups is 1. The normalized spacial score (nSPS) is 21.1. The summed E-state index contributed by atoms with van der Waals surface area (Å²) >= 11 is 0. The average Bonchev–Trinajstić information content (AvgIpc) is 2.96. The Morgan fingerprint density at radius 3 is 2.86 bits per heavy atom. The molecule has 0 aromatic carbocycles. The van der Waals surface area contributed by atoms with Gasteiger partial charge in [0.05, 0.1) is 12.6 Å². The van der Waals surface area contributed by atoms with E-state index in [1.165, 1.54) is 0 Å². The lowest BCUT2D eigenvalue weighted by Gasteiger charge is -2.47. The van der Waals surface area contributed by atoms with Crippen LogP contribution in [0.5, 0.6) is 0 Å². The van der Waals surface area contributed by atoms with E-state index >= 15 is 0 Å². The Hall–Kier alpha value is -2.54. The summed E-state index contributed by atoms with van der Waals surface area (Å²) in [5.74, 6) is 1.44. The predicted molar refractivity (Wildman–Crippen MR) is 81.4 cm³/mol. The van der Waals surface area contributed by atoms with Crippen LogP contribution in [0.25, 0.3) is 17.2 Å². The fourth-order valence-electron chi connectivity index (χ4n) is 2.99. The maximum Gasteiger partial charge on any atom is 0.203 e. The maximum atomic E-state index is 9.43. The van der Waals surface area contributed by atoms with Crippen molar-refractivity contribution in [2.75, 3.05) is 11.5 Å². The molecule has 0 bridgehead atoms. The molecule has 0 amide bonds. The minimum Gasteiger partial charge on any atom is -0.394 e. The summed E-state index contributed by atoms with van der Waals surface area (Å²) in [5, 5.41) is 22.4. The highest BCUT2D eigenvalue weighted by molar-refractivity contribution is 5.56. The second kappa shape index (κ2) is 5.03. The van der Waals surface area contributed by atoms with Gasteiger partial charge in [0.1, 0.15) is 11.5 Å². The van der Waals surface area contributed by atoms with E-state index in [0.717, 1.165) is 17.9 Å². The van der Waals surface area contributed by atoms with Crippen LogP contribution in [0.15, 0.2) is 36.5 Å². The molecule has 1 aliphatic heterocycles. The first-order chi connectivity index (χ1) is 10.8. The quantitative estimate of drug-likeness (QED) is 0.781. The van der Waals surface area contributed by atoms with Crippen LogP contribution < -0.4 is 4.90 Å². The Labute approximate surface area is 127 Å². The summed E-state index contributed by atoms with van der Waals surface area (Å²) in [6.07, 6.45) is 2.70. The van der Waals surface area contributed by atoms with E-state index in [1.807, 2.05) is 30.3 Å². The molecule has 112 valence electrons. The van der Waals surface area contributed by atoms with E-state index in [2.05, 4.69) is 32.1 Å². The molecule has 0 radical (unpaired) electrons. The Morgan fingerprint density at radius 2 is 2.14 bits per heavy atom. The van der Waals surface area contributed by atoms with Gasteiger partial charge in [0.15, 0.2) is 5.65 Å². The van der Waals surface area contributed by atoms with Crippen molar-refractivity contribution in [1.29, 1.82) is 0 Å². The third-order valence-electron chi connectivity index (χ3n) is 4.10. The molecule has 0 spiro atoms. The first kappa shape index (κ1) is 13.1. The minimum absolute atomic E-state index is 0.134. The molecule has 0 saturated carbocycles. The highest BCUT2D eigenvalue weighted by Gasteiger charge is 2.35. The van der Waals surface area contributed by atoms with Gasteiger partial charge >= 0.3 is 0 Å². The molecule has 4 heterocycles. The van der Waals surface area contributed by atoms with Gasteiger partial charge in [0, 0.05) is 12.2 Å². The summed E-state index contributed by atoms with van der Waals surface area (Å²) in [6, 6.07) is 9.97. The average molecular weight is 296 g/mol. The van der Waals surface area contributed by atoms with Crippen molar-refractivity contribution < 1.29 is 5.11 Å². The van der Waals surface area contributed by atoms with Crippen LogP contribution in [0.2, 0.25) is 0 Å². The van der Waals surface area contributed by atoms with E-state index in [9.17, 15) is 5.11 Å². The summed E-state index contributed by atoms with van der Waals surface area (Å²) in [5.41, 5.74) is 1.41. The van der Waals surface area contributed by atoms with Gasteiger partial charge in [-0.25, -0.2) is 0 Å². The molecule has 1 N–H and O–H groups in total. The first-order valence-electron chi connectivity index (χ1n) is 7.31. The largest absolute Gasteiger partial charge is 0.394 e. The number of anilines is 1. The molecule has 3 aromatic heterocycles. The highest BCUT2D eigenvalue weighted by Crippen LogP contribution is 2.30. The Morgan fingerprint density at radius 1 is 1.23 bits per heavy atom. The van der Waals surface area contributed by atoms with Crippen molar-refractivity contribution in [3.05, 3.63) is 36.5 Å². The van der Waals surface area contributed by atoms with Crippen molar-refractivity contribution in [2.24, 2.45) is 0 Å². The van der Waals surface area contributed by atoms with E-state index in [1.54, 1.807) is 10.7 Å². The second-order valence-electron chi connectivity index (χ2n) is 5.53. The van der Waals surface area contributed by atoms with E-state index in [4.69, 9.17) is 0 Å². The summed E-state index contributed by atoms with van der Waals surface area (Å²) in [4.78, 5) is 6.44. The maximum absolute atomic E-state index is 9.43. The van der Waals surface area contributed by atoms with Gasteiger partial charge in [-0.05, 0) is 37.6 Å². The van der Waals surface area contributed by atoms with Crippen molar-refractivity contribution in [3.8, 4) is 11.5 Å². The first-order valence-corrected chi connectivity index (χ1v) is 7.31. The molecule has 7 nitrogen and oxygen atoms in total. The third-order valence-corrected chi connectivity index (χ3v) is 4.10. The molecule has 4 rings (SSSR count). The third kappa shape index (κ3) is 1.93. The SMILES string of the molecule is CC1CC(CO)N1c1ccc2nnc(-c3ccccn3)n2n1. The van der Waals surface area contributed by atoms with Crippen molar-refractivity contribution >= 4 is 11.5 Å². The van der Waals surface area contributed by atoms with Gasteiger partial charge in [0.25, 0.3) is 0 Å². The fraction of sp³-hybridized carbons (Fsp3) is 0.333. The monoisotopic (exact) mass is 296 g/mol. The molecule has 1 saturated heterocycles. The Kier molecular flexibility index (Phi) is 3.00. The number of aliphatic hydroxyl groups excluding tert-OH is 1. The fourth-order valence-corrected chi connectivity index (χ4v) is 2.99. The van der Waals surface area contributed by atoms with Crippen LogP contribution >= 0.6 is 0 Å². The summed E-state index contributed by atoms with van der Waals surface area (Å²) in [7, 11) is 0. The number of nitrogens with zero attached hydrogens (tertiary/aromatic N) is 6. The number of aromatic nitrogens is 5.